The molecule has 2 heterocycles. The summed E-state index contributed by atoms with van der Waals surface area (Å²) in [6.07, 6.45) is 2.30. The molecule has 2 aromatic rings. The van der Waals surface area contributed by atoms with Crippen molar-refractivity contribution in [3.05, 3.63) is 29.0 Å². The van der Waals surface area contributed by atoms with Crippen molar-refractivity contribution in [3.8, 4) is 0 Å². The van der Waals surface area contributed by atoms with Crippen molar-refractivity contribution in [2.45, 2.75) is 39.3 Å². The minimum atomic E-state index is 0.356. The average molecular weight is 278 g/mol. The molecular weight excluding hydrogens is 258 g/mol. The molecule has 0 spiro atoms. The minimum Gasteiger partial charge on any atom is -0.325 e. The maximum absolute atomic E-state index is 6.37. The fourth-order valence-corrected chi connectivity index (χ4v) is 3.30. The standard InChI is InChI=1S/C15H20ClN3/c1-3-9-19-14-11(16)5-4-6-12(14)18-15(19)13-10(2)7-8-17-13/h4-6,10,13,17H,3,7-9H2,1-2H3. The van der Waals surface area contributed by atoms with E-state index in [1.54, 1.807) is 0 Å². The van der Waals surface area contributed by atoms with E-state index in [0.717, 1.165) is 41.4 Å². The molecular formula is C15H20ClN3. The Kier molecular flexibility index (Phi) is 3.50. The summed E-state index contributed by atoms with van der Waals surface area (Å²) in [4.78, 5) is 4.84. The summed E-state index contributed by atoms with van der Waals surface area (Å²) in [5, 5.41) is 4.38. The average Bonchev–Trinajstić information content (AvgIpc) is 2.95. The molecule has 3 rings (SSSR count). The molecule has 2 atom stereocenters. The SMILES string of the molecule is CCCn1c(C2NCCC2C)nc2cccc(Cl)c21. The largest absolute Gasteiger partial charge is 0.325 e. The molecule has 0 saturated carbocycles. The number of fused-ring (bicyclic) bond motifs is 1. The maximum Gasteiger partial charge on any atom is 0.127 e. The topological polar surface area (TPSA) is 29.9 Å². The quantitative estimate of drug-likeness (QED) is 0.925. The third kappa shape index (κ3) is 2.15. The first kappa shape index (κ1) is 12.9. The summed E-state index contributed by atoms with van der Waals surface area (Å²) in [6, 6.07) is 6.34. The number of halogens is 1. The first-order valence-electron chi connectivity index (χ1n) is 7.10. The predicted molar refractivity (Wildman–Crippen MR) is 79.6 cm³/mol. The van der Waals surface area contributed by atoms with Gasteiger partial charge in [0.2, 0.25) is 0 Å². The number of imidazole rings is 1. The fourth-order valence-electron chi connectivity index (χ4n) is 3.03. The predicted octanol–water partition coefficient (Wildman–Crippen LogP) is 3.77. The van der Waals surface area contributed by atoms with Gasteiger partial charge in [0.1, 0.15) is 5.82 Å². The normalized spacial score (nSPS) is 23.3. The molecule has 3 nitrogen and oxygen atoms in total. The number of aromatic nitrogens is 2. The van der Waals surface area contributed by atoms with Crippen LogP contribution in [0.4, 0.5) is 0 Å². The van der Waals surface area contributed by atoms with Gasteiger partial charge in [-0.15, -0.1) is 0 Å². The van der Waals surface area contributed by atoms with Gasteiger partial charge in [-0.3, -0.25) is 0 Å². The lowest BCUT2D eigenvalue weighted by Crippen LogP contribution is -2.21. The van der Waals surface area contributed by atoms with Gasteiger partial charge in [0.25, 0.3) is 0 Å². The maximum atomic E-state index is 6.37. The highest BCUT2D eigenvalue weighted by Gasteiger charge is 2.29. The van der Waals surface area contributed by atoms with Gasteiger partial charge < -0.3 is 9.88 Å². The Morgan fingerprint density at radius 2 is 2.32 bits per heavy atom. The number of nitrogens with one attached hydrogen (secondary N) is 1. The smallest absolute Gasteiger partial charge is 0.127 e. The van der Waals surface area contributed by atoms with E-state index in [2.05, 4.69) is 29.8 Å². The number of nitrogens with zero attached hydrogens (tertiary/aromatic N) is 2. The highest BCUT2D eigenvalue weighted by Crippen LogP contribution is 2.33. The molecule has 1 fully saturated rings. The second-order valence-corrected chi connectivity index (χ2v) is 5.83. The van der Waals surface area contributed by atoms with Crippen LogP contribution in [0, 0.1) is 5.92 Å². The number of rotatable bonds is 3. The molecule has 19 heavy (non-hydrogen) atoms. The highest BCUT2D eigenvalue weighted by atomic mass is 35.5. The molecule has 1 aliphatic heterocycles. The second kappa shape index (κ2) is 5.14. The van der Waals surface area contributed by atoms with Crippen LogP contribution in [0.3, 0.4) is 0 Å². The Balaban J connectivity index is 2.17. The highest BCUT2D eigenvalue weighted by molar-refractivity contribution is 6.35. The van der Waals surface area contributed by atoms with Gasteiger partial charge in [0.05, 0.1) is 22.1 Å². The van der Waals surface area contributed by atoms with Crippen LogP contribution in [-0.4, -0.2) is 16.1 Å². The van der Waals surface area contributed by atoms with E-state index in [-0.39, 0.29) is 0 Å². The summed E-state index contributed by atoms with van der Waals surface area (Å²) >= 11 is 6.37. The molecule has 1 aromatic heterocycles. The number of para-hydroxylation sites is 1. The molecule has 4 heteroatoms. The summed E-state index contributed by atoms with van der Waals surface area (Å²) < 4.78 is 2.30. The molecule has 0 radical (unpaired) electrons. The molecule has 1 aliphatic rings. The van der Waals surface area contributed by atoms with Crippen LogP contribution in [0.2, 0.25) is 5.02 Å². The molecule has 0 amide bonds. The minimum absolute atomic E-state index is 0.356. The molecule has 2 unspecified atom stereocenters. The van der Waals surface area contributed by atoms with Crippen molar-refractivity contribution in [2.24, 2.45) is 5.92 Å². The van der Waals surface area contributed by atoms with Crippen LogP contribution in [0.1, 0.15) is 38.6 Å². The van der Waals surface area contributed by atoms with E-state index in [1.165, 1.54) is 6.42 Å². The number of hydrogen-bond acceptors (Lipinski definition) is 2. The first-order valence-corrected chi connectivity index (χ1v) is 7.48. The number of benzene rings is 1. The third-order valence-corrected chi connectivity index (χ3v) is 4.31. The molecule has 1 saturated heterocycles. The van der Waals surface area contributed by atoms with Gasteiger partial charge in [-0.05, 0) is 37.4 Å². The van der Waals surface area contributed by atoms with Crippen LogP contribution >= 0.6 is 11.6 Å². The van der Waals surface area contributed by atoms with Crippen LogP contribution in [0.5, 0.6) is 0 Å². The lowest BCUT2D eigenvalue weighted by molar-refractivity contribution is 0.457. The zero-order chi connectivity index (χ0) is 13.4. The van der Waals surface area contributed by atoms with E-state index >= 15 is 0 Å². The zero-order valence-electron chi connectivity index (χ0n) is 11.5. The lowest BCUT2D eigenvalue weighted by atomic mass is 10.0. The van der Waals surface area contributed by atoms with E-state index in [1.807, 2.05) is 12.1 Å². The Labute approximate surface area is 119 Å². The van der Waals surface area contributed by atoms with Crippen LogP contribution in [0.15, 0.2) is 18.2 Å². The zero-order valence-corrected chi connectivity index (χ0v) is 12.2. The fraction of sp³-hybridized carbons (Fsp3) is 0.533. The third-order valence-electron chi connectivity index (χ3n) is 4.01. The van der Waals surface area contributed by atoms with Crippen molar-refractivity contribution < 1.29 is 0 Å². The van der Waals surface area contributed by atoms with Gasteiger partial charge >= 0.3 is 0 Å². The molecule has 102 valence electrons. The van der Waals surface area contributed by atoms with Crippen LogP contribution in [0.25, 0.3) is 11.0 Å². The van der Waals surface area contributed by atoms with Crippen molar-refractivity contribution in [2.75, 3.05) is 6.54 Å². The summed E-state index contributed by atoms with van der Waals surface area (Å²) in [5.74, 6) is 1.78. The Morgan fingerprint density at radius 1 is 1.47 bits per heavy atom. The van der Waals surface area contributed by atoms with E-state index in [0.29, 0.717) is 12.0 Å². The monoisotopic (exact) mass is 277 g/mol. The summed E-state index contributed by atoms with van der Waals surface area (Å²) in [7, 11) is 0. The van der Waals surface area contributed by atoms with E-state index in [9.17, 15) is 0 Å². The van der Waals surface area contributed by atoms with Gasteiger partial charge in [0.15, 0.2) is 0 Å². The Hall–Kier alpha value is -1.06. The van der Waals surface area contributed by atoms with E-state index in [4.69, 9.17) is 16.6 Å². The van der Waals surface area contributed by atoms with E-state index < -0.39 is 0 Å². The number of hydrogen-bond donors (Lipinski definition) is 1. The Bertz CT molecular complexity index is 590. The van der Waals surface area contributed by atoms with Crippen molar-refractivity contribution in [1.29, 1.82) is 0 Å². The first-order chi connectivity index (χ1) is 9.22. The van der Waals surface area contributed by atoms with Crippen LogP contribution in [-0.2, 0) is 6.54 Å². The Morgan fingerprint density at radius 3 is 3.00 bits per heavy atom. The number of aryl methyl sites for hydroxylation is 1. The van der Waals surface area contributed by atoms with Gasteiger partial charge in [-0.1, -0.05) is 31.5 Å². The molecule has 1 aromatic carbocycles. The molecule has 0 bridgehead atoms. The lowest BCUT2D eigenvalue weighted by Gasteiger charge is -2.17. The summed E-state index contributed by atoms with van der Waals surface area (Å²) in [6.45, 7) is 6.54. The van der Waals surface area contributed by atoms with Crippen molar-refractivity contribution >= 4 is 22.6 Å². The summed E-state index contributed by atoms with van der Waals surface area (Å²) in [5.41, 5.74) is 2.10. The van der Waals surface area contributed by atoms with Gasteiger partial charge in [0, 0.05) is 6.54 Å². The van der Waals surface area contributed by atoms with Gasteiger partial charge in [-0.2, -0.15) is 0 Å². The van der Waals surface area contributed by atoms with Crippen molar-refractivity contribution in [1.82, 2.24) is 14.9 Å². The van der Waals surface area contributed by atoms with Crippen molar-refractivity contribution in [3.63, 3.8) is 0 Å². The molecule has 1 N–H and O–H groups in total. The molecule has 0 aliphatic carbocycles. The second-order valence-electron chi connectivity index (χ2n) is 5.43. The van der Waals surface area contributed by atoms with Crippen LogP contribution < -0.4 is 5.32 Å². The van der Waals surface area contributed by atoms with Gasteiger partial charge in [-0.25, -0.2) is 4.98 Å².